The zero-order chi connectivity index (χ0) is 19.8. The fraction of sp³-hybridized carbons (Fsp3) is 0.368. The van der Waals surface area contributed by atoms with Crippen molar-refractivity contribution in [2.75, 3.05) is 6.67 Å². The van der Waals surface area contributed by atoms with Crippen molar-refractivity contribution in [3.8, 4) is 11.1 Å². The third-order valence-electron chi connectivity index (χ3n) is 4.61. The third-order valence-corrected chi connectivity index (χ3v) is 4.98. The molecule has 0 aliphatic carbocycles. The van der Waals surface area contributed by atoms with E-state index in [4.69, 9.17) is 27.9 Å². The van der Waals surface area contributed by atoms with Gasteiger partial charge in [-0.25, -0.2) is 4.39 Å². The number of H-pyrrole nitrogens is 1. The first-order valence-corrected chi connectivity index (χ1v) is 9.26. The van der Waals surface area contributed by atoms with E-state index in [2.05, 4.69) is 4.98 Å². The number of nitrogens with zero attached hydrogens (tertiary/aromatic N) is 1. The molecule has 2 aromatic rings. The highest BCUT2D eigenvalue weighted by atomic mass is 35.5. The minimum absolute atomic E-state index is 0.194. The molecule has 144 valence electrons. The van der Waals surface area contributed by atoms with Gasteiger partial charge in [0, 0.05) is 12.3 Å². The molecule has 3 rings (SSSR count). The van der Waals surface area contributed by atoms with E-state index < -0.39 is 35.3 Å². The van der Waals surface area contributed by atoms with Crippen LogP contribution in [-0.4, -0.2) is 39.1 Å². The summed E-state index contributed by atoms with van der Waals surface area (Å²) in [6, 6.07) is 9.70. The van der Waals surface area contributed by atoms with Crippen molar-refractivity contribution in [3.05, 3.63) is 58.5 Å². The first-order valence-electron chi connectivity index (χ1n) is 8.39. The van der Waals surface area contributed by atoms with Crippen LogP contribution in [0.2, 0.25) is 0 Å². The van der Waals surface area contributed by atoms with Crippen LogP contribution in [0.3, 0.4) is 0 Å². The summed E-state index contributed by atoms with van der Waals surface area (Å²) in [5.74, 6) is -0.589. The summed E-state index contributed by atoms with van der Waals surface area (Å²) in [7, 11) is 0. The van der Waals surface area contributed by atoms with Crippen molar-refractivity contribution in [1.82, 2.24) is 9.88 Å². The van der Waals surface area contributed by atoms with E-state index in [0.717, 1.165) is 16.7 Å². The second-order valence-electron chi connectivity index (χ2n) is 6.78. The molecule has 1 amide bonds. The second-order valence-corrected chi connectivity index (χ2v) is 7.88. The summed E-state index contributed by atoms with van der Waals surface area (Å²) < 4.78 is 19.8. The lowest BCUT2D eigenvalue weighted by Crippen LogP contribution is -2.50. The van der Waals surface area contributed by atoms with Gasteiger partial charge in [0.25, 0.3) is 5.91 Å². The molecular formula is C19H19Cl2FN2O3. The normalized spacial score (nSPS) is 21.6. The quantitative estimate of drug-likeness (QED) is 0.776. The zero-order valence-electron chi connectivity index (χ0n) is 14.8. The molecule has 0 spiro atoms. The van der Waals surface area contributed by atoms with E-state index in [0.29, 0.717) is 0 Å². The van der Waals surface area contributed by atoms with Crippen LogP contribution in [-0.2, 0) is 9.53 Å². The summed E-state index contributed by atoms with van der Waals surface area (Å²) in [5, 5.41) is 0. The molecule has 1 fully saturated rings. The van der Waals surface area contributed by atoms with Crippen LogP contribution in [0, 0.1) is 0 Å². The minimum atomic E-state index is -1.29. The van der Waals surface area contributed by atoms with E-state index in [1.807, 2.05) is 12.1 Å². The van der Waals surface area contributed by atoms with E-state index in [-0.39, 0.29) is 5.56 Å². The number of hydrogen-bond acceptors (Lipinski definition) is 3. The summed E-state index contributed by atoms with van der Waals surface area (Å²) in [6.07, 6.45) is 0.917. The van der Waals surface area contributed by atoms with Crippen molar-refractivity contribution in [2.45, 2.75) is 36.6 Å². The van der Waals surface area contributed by atoms with E-state index >= 15 is 0 Å². The largest absolute Gasteiger partial charge is 0.346 e. The number of ether oxygens (including phenoxy) is 1. The number of alkyl halides is 3. The Morgan fingerprint density at radius 3 is 2.48 bits per heavy atom. The lowest BCUT2D eigenvalue weighted by atomic mass is 9.99. The summed E-state index contributed by atoms with van der Waals surface area (Å²) in [6.45, 7) is 2.55. The average molecular weight is 413 g/mol. The number of benzene rings is 1. The van der Waals surface area contributed by atoms with Gasteiger partial charge in [-0.2, -0.15) is 0 Å². The molecule has 1 aromatic heterocycles. The smallest absolute Gasteiger partial charge is 0.258 e. The number of amides is 1. The lowest BCUT2D eigenvalue weighted by Gasteiger charge is -2.33. The van der Waals surface area contributed by atoms with Crippen LogP contribution in [0.5, 0.6) is 0 Å². The van der Waals surface area contributed by atoms with E-state index in [9.17, 15) is 14.0 Å². The van der Waals surface area contributed by atoms with Crippen LogP contribution < -0.4 is 5.56 Å². The number of carbonyl (C=O) groups is 1. The number of pyridine rings is 1. The van der Waals surface area contributed by atoms with Gasteiger partial charge in [-0.1, -0.05) is 47.5 Å². The third kappa shape index (κ3) is 3.88. The van der Waals surface area contributed by atoms with Crippen LogP contribution in [0.1, 0.15) is 25.5 Å². The van der Waals surface area contributed by atoms with Gasteiger partial charge in [0.05, 0.1) is 6.04 Å². The molecule has 2 heterocycles. The molecule has 27 heavy (non-hydrogen) atoms. The Balaban J connectivity index is 1.91. The molecular weight excluding hydrogens is 394 g/mol. The van der Waals surface area contributed by atoms with Crippen molar-refractivity contribution >= 4 is 29.1 Å². The van der Waals surface area contributed by atoms with Crippen molar-refractivity contribution < 1.29 is 13.9 Å². The van der Waals surface area contributed by atoms with Gasteiger partial charge in [0.1, 0.15) is 18.5 Å². The number of aromatic nitrogens is 1. The van der Waals surface area contributed by atoms with Gasteiger partial charge in [-0.05, 0) is 36.6 Å². The zero-order valence-corrected chi connectivity index (χ0v) is 16.3. The molecule has 1 aliphatic heterocycles. The first-order chi connectivity index (χ1) is 12.7. The topological polar surface area (TPSA) is 62.4 Å². The molecule has 1 aromatic carbocycles. The average Bonchev–Trinajstić information content (AvgIpc) is 2.91. The molecule has 0 bridgehead atoms. The predicted octanol–water partition coefficient (Wildman–Crippen LogP) is 3.82. The molecule has 1 N–H and O–H groups in total. The molecule has 0 radical (unpaired) electrons. The first kappa shape index (κ1) is 19.9. The Morgan fingerprint density at radius 2 is 1.93 bits per heavy atom. The Labute approximate surface area is 166 Å². The van der Waals surface area contributed by atoms with Crippen LogP contribution >= 0.6 is 23.2 Å². The fourth-order valence-electron chi connectivity index (χ4n) is 3.44. The maximum Gasteiger partial charge on any atom is 0.258 e. The summed E-state index contributed by atoms with van der Waals surface area (Å²) >= 11 is 11.4. The van der Waals surface area contributed by atoms with Gasteiger partial charge in [-0.3, -0.25) is 9.59 Å². The van der Waals surface area contributed by atoms with Gasteiger partial charge in [0.15, 0.2) is 4.84 Å². The minimum Gasteiger partial charge on any atom is -0.346 e. The number of nitrogens with one attached hydrogen (secondary N) is 1. The van der Waals surface area contributed by atoms with Crippen molar-refractivity contribution in [2.24, 2.45) is 0 Å². The van der Waals surface area contributed by atoms with Crippen LogP contribution in [0.15, 0.2) is 47.4 Å². The summed E-state index contributed by atoms with van der Waals surface area (Å²) in [5.41, 5.74) is 1.08. The Hall–Kier alpha value is -1.89. The molecule has 0 unspecified atom stereocenters. The number of rotatable bonds is 4. The van der Waals surface area contributed by atoms with Crippen molar-refractivity contribution in [3.63, 3.8) is 0 Å². The molecule has 1 saturated heterocycles. The SMILES string of the molecule is CC1(C)O[C@H](c2ccc(-c3cc[nH]c(=O)c3)cc2)[C@@H](CF)N1C(=O)C(Cl)Cl. The van der Waals surface area contributed by atoms with E-state index in [1.165, 1.54) is 11.0 Å². The highest BCUT2D eigenvalue weighted by Gasteiger charge is 2.51. The monoisotopic (exact) mass is 412 g/mol. The van der Waals surface area contributed by atoms with Crippen LogP contribution in [0.25, 0.3) is 11.1 Å². The fourth-order valence-corrected chi connectivity index (χ4v) is 3.65. The van der Waals surface area contributed by atoms with Gasteiger partial charge < -0.3 is 14.6 Å². The lowest BCUT2D eigenvalue weighted by molar-refractivity contribution is -0.145. The molecule has 5 nitrogen and oxygen atoms in total. The van der Waals surface area contributed by atoms with Gasteiger partial charge in [-0.15, -0.1) is 0 Å². The van der Waals surface area contributed by atoms with Gasteiger partial charge >= 0.3 is 0 Å². The number of aromatic amines is 1. The maximum atomic E-state index is 13.8. The Bertz CT molecular complexity index is 883. The van der Waals surface area contributed by atoms with Crippen molar-refractivity contribution in [1.29, 1.82) is 0 Å². The summed E-state index contributed by atoms with van der Waals surface area (Å²) in [4.78, 5) is 26.4. The number of halogens is 3. The number of carbonyl (C=O) groups excluding carboxylic acids is 1. The highest BCUT2D eigenvalue weighted by molar-refractivity contribution is 6.53. The maximum absolute atomic E-state index is 13.8. The molecule has 0 saturated carbocycles. The molecule has 1 aliphatic rings. The molecule has 2 atom stereocenters. The molecule has 8 heteroatoms. The Kier molecular flexibility index (Phi) is 5.60. The van der Waals surface area contributed by atoms with Gasteiger partial charge in [0.2, 0.25) is 5.56 Å². The van der Waals surface area contributed by atoms with Crippen LogP contribution in [0.4, 0.5) is 4.39 Å². The second kappa shape index (κ2) is 7.62. The predicted molar refractivity (Wildman–Crippen MR) is 103 cm³/mol. The number of hydrogen-bond donors (Lipinski definition) is 1. The highest BCUT2D eigenvalue weighted by Crippen LogP contribution is 2.42. The Morgan fingerprint density at radius 1 is 1.26 bits per heavy atom. The van der Waals surface area contributed by atoms with E-state index in [1.54, 1.807) is 38.2 Å². The standard InChI is InChI=1S/C19H19Cl2FN2O3/c1-19(2)24(18(26)17(20)21)14(10-22)16(27-19)12-5-3-11(4-6-12)13-7-8-23-15(25)9-13/h3-9,14,16-17H,10H2,1-2H3,(H,23,25)/t14-,16-/m1/s1.